The molecule has 0 fully saturated rings. The van der Waals surface area contributed by atoms with Crippen LogP contribution in [0.5, 0.6) is 0 Å². The Kier molecular flexibility index (Phi) is 3.43. The van der Waals surface area contributed by atoms with E-state index in [-0.39, 0.29) is 6.04 Å². The van der Waals surface area contributed by atoms with E-state index >= 15 is 0 Å². The monoisotopic (exact) mass is 299 g/mol. The van der Waals surface area contributed by atoms with Crippen molar-refractivity contribution in [3.05, 3.63) is 108 Å². The van der Waals surface area contributed by atoms with E-state index in [2.05, 4.69) is 41.4 Å². The number of ether oxygens (including phenoxy) is 1. The van der Waals surface area contributed by atoms with E-state index < -0.39 is 5.60 Å². The van der Waals surface area contributed by atoms with Crippen molar-refractivity contribution >= 4 is 6.40 Å². The summed E-state index contributed by atoms with van der Waals surface area (Å²) in [6.07, 6.45) is 1.59. The molecule has 112 valence electrons. The van der Waals surface area contributed by atoms with Crippen LogP contribution in [0.2, 0.25) is 0 Å². The third-order valence-corrected chi connectivity index (χ3v) is 4.35. The largest absolute Gasteiger partial charge is 0.465 e. The van der Waals surface area contributed by atoms with Gasteiger partial charge in [-0.15, -0.1) is 0 Å². The lowest BCUT2D eigenvalue weighted by Gasteiger charge is -2.34. The molecule has 3 aromatic carbocycles. The molecule has 1 aliphatic rings. The number of benzene rings is 3. The maximum Gasteiger partial charge on any atom is 0.186 e. The van der Waals surface area contributed by atoms with Crippen LogP contribution in [0.4, 0.5) is 0 Å². The smallest absolute Gasteiger partial charge is 0.186 e. The van der Waals surface area contributed by atoms with E-state index in [9.17, 15) is 0 Å². The summed E-state index contributed by atoms with van der Waals surface area (Å²) < 4.78 is 6.19. The Morgan fingerprint density at radius 2 is 1.13 bits per heavy atom. The summed E-state index contributed by atoms with van der Waals surface area (Å²) in [4.78, 5) is 4.67. The van der Waals surface area contributed by atoms with Gasteiger partial charge in [-0.05, 0) is 5.56 Å². The van der Waals surface area contributed by atoms with Crippen molar-refractivity contribution in [3.8, 4) is 0 Å². The molecule has 2 heteroatoms. The molecule has 3 aromatic rings. The molecule has 1 atom stereocenters. The summed E-state index contributed by atoms with van der Waals surface area (Å²) >= 11 is 0. The van der Waals surface area contributed by atoms with Crippen LogP contribution in [-0.4, -0.2) is 6.40 Å². The zero-order valence-electron chi connectivity index (χ0n) is 12.7. The first-order chi connectivity index (χ1) is 11.4. The van der Waals surface area contributed by atoms with Gasteiger partial charge in [-0.25, -0.2) is 4.99 Å². The molecular formula is C21H17NO. The van der Waals surface area contributed by atoms with Gasteiger partial charge in [0.05, 0.1) is 0 Å². The Morgan fingerprint density at radius 3 is 1.65 bits per heavy atom. The molecule has 0 saturated heterocycles. The number of hydrogen-bond donors (Lipinski definition) is 0. The molecule has 1 heterocycles. The lowest BCUT2D eigenvalue weighted by Crippen LogP contribution is -2.33. The van der Waals surface area contributed by atoms with Crippen LogP contribution in [0, 0.1) is 0 Å². The van der Waals surface area contributed by atoms with Gasteiger partial charge in [-0.3, -0.25) is 0 Å². The van der Waals surface area contributed by atoms with Crippen molar-refractivity contribution in [3.63, 3.8) is 0 Å². The third-order valence-electron chi connectivity index (χ3n) is 4.35. The average molecular weight is 299 g/mol. The Balaban J connectivity index is 1.93. The van der Waals surface area contributed by atoms with Gasteiger partial charge >= 0.3 is 0 Å². The highest BCUT2D eigenvalue weighted by Crippen LogP contribution is 2.48. The van der Waals surface area contributed by atoms with Gasteiger partial charge in [0.2, 0.25) is 0 Å². The minimum absolute atomic E-state index is 0.103. The van der Waals surface area contributed by atoms with Crippen molar-refractivity contribution in [1.82, 2.24) is 0 Å². The first-order valence-corrected chi connectivity index (χ1v) is 7.77. The van der Waals surface area contributed by atoms with E-state index in [0.717, 1.165) is 16.7 Å². The molecule has 0 spiro atoms. The van der Waals surface area contributed by atoms with Gasteiger partial charge in [-0.2, -0.15) is 0 Å². The summed E-state index contributed by atoms with van der Waals surface area (Å²) in [6.45, 7) is 0. The Bertz CT molecular complexity index is 758. The molecule has 0 radical (unpaired) electrons. The highest BCUT2D eigenvalue weighted by Gasteiger charge is 2.47. The molecule has 2 nitrogen and oxygen atoms in total. The number of nitrogens with zero attached hydrogens (tertiary/aromatic N) is 1. The summed E-state index contributed by atoms with van der Waals surface area (Å²) in [5.74, 6) is 0. The third kappa shape index (κ3) is 2.23. The predicted octanol–water partition coefficient (Wildman–Crippen LogP) is 4.73. The summed E-state index contributed by atoms with van der Waals surface area (Å²) in [5, 5.41) is 0. The van der Waals surface area contributed by atoms with Gasteiger partial charge in [0.1, 0.15) is 6.04 Å². The summed E-state index contributed by atoms with van der Waals surface area (Å²) in [5.41, 5.74) is 2.74. The second kappa shape index (κ2) is 5.73. The highest BCUT2D eigenvalue weighted by molar-refractivity contribution is 5.58. The van der Waals surface area contributed by atoms with E-state index in [1.807, 2.05) is 54.6 Å². The van der Waals surface area contributed by atoms with Gasteiger partial charge in [0.25, 0.3) is 0 Å². The molecule has 0 saturated carbocycles. The zero-order valence-corrected chi connectivity index (χ0v) is 12.7. The lowest BCUT2D eigenvalue weighted by atomic mass is 9.78. The van der Waals surface area contributed by atoms with E-state index in [1.165, 1.54) is 0 Å². The second-order valence-corrected chi connectivity index (χ2v) is 5.65. The van der Waals surface area contributed by atoms with Gasteiger partial charge in [0.15, 0.2) is 12.0 Å². The van der Waals surface area contributed by atoms with Crippen molar-refractivity contribution in [2.45, 2.75) is 11.6 Å². The molecule has 4 rings (SSSR count). The van der Waals surface area contributed by atoms with Crippen LogP contribution in [-0.2, 0) is 10.3 Å². The average Bonchev–Trinajstić information content (AvgIpc) is 3.10. The fourth-order valence-electron chi connectivity index (χ4n) is 3.29. The maximum atomic E-state index is 6.19. The highest BCUT2D eigenvalue weighted by atomic mass is 16.5. The fourth-order valence-corrected chi connectivity index (χ4v) is 3.29. The van der Waals surface area contributed by atoms with Crippen LogP contribution in [0.1, 0.15) is 22.7 Å². The van der Waals surface area contributed by atoms with Crippen LogP contribution in [0.15, 0.2) is 96.0 Å². The normalized spacial score (nSPS) is 18.5. The molecule has 0 aromatic heterocycles. The minimum atomic E-state index is -0.621. The van der Waals surface area contributed by atoms with Gasteiger partial charge in [-0.1, -0.05) is 91.0 Å². The van der Waals surface area contributed by atoms with Crippen molar-refractivity contribution in [2.24, 2.45) is 4.99 Å². The molecule has 23 heavy (non-hydrogen) atoms. The van der Waals surface area contributed by atoms with Crippen molar-refractivity contribution < 1.29 is 4.74 Å². The quantitative estimate of drug-likeness (QED) is 0.685. The van der Waals surface area contributed by atoms with E-state index in [0.29, 0.717) is 0 Å². The maximum absolute atomic E-state index is 6.19. The standard InChI is InChI=1S/C21H17NO/c1-4-10-17(11-5-1)20-21(23-16-22-20,18-12-6-2-7-13-18)19-14-8-3-9-15-19/h1-16,20H. The molecule has 1 aliphatic heterocycles. The fraction of sp³-hybridized carbons (Fsp3) is 0.0952. The summed E-state index contributed by atoms with van der Waals surface area (Å²) in [6, 6.07) is 30.9. The van der Waals surface area contributed by atoms with Crippen LogP contribution in [0.25, 0.3) is 0 Å². The molecule has 0 amide bonds. The number of aliphatic imine (C=N–C) groups is 1. The Hall–Kier alpha value is -2.87. The minimum Gasteiger partial charge on any atom is -0.465 e. The number of rotatable bonds is 3. The Labute approximate surface area is 136 Å². The van der Waals surface area contributed by atoms with E-state index in [1.54, 1.807) is 6.40 Å². The molecule has 1 unspecified atom stereocenters. The van der Waals surface area contributed by atoms with Crippen LogP contribution < -0.4 is 0 Å². The lowest BCUT2D eigenvalue weighted by molar-refractivity contribution is 0.104. The molecule has 0 aliphatic carbocycles. The molecule has 0 N–H and O–H groups in total. The molecule has 0 bridgehead atoms. The van der Waals surface area contributed by atoms with E-state index in [4.69, 9.17) is 4.74 Å². The topological polar surface area (TPSA) is 21.6 Å². The van der Waals surface area contributed by atoms with Gasteiger partial charge < -0.3 is 4.74 Å². The number of hydrogen-bond acceptors (Lipinski definition) is 2. The van der Waals surface area contributed by atoms with Crippen molar-refractivity contribution in [1.29, 1.82) is 0 Å². The second-order valence-electron chi connectivity index (χ2n) is 5.65. The molecular weight excluding hydrogens is 282 g/mol. The SMILES string of the molecule is C1=NC(c2ccccc2)C(c2ccccc2)(c2ccccc2)O1. The Morgan fingerprint density at radius 1 is 0.652 bits per heavy atom. The first-order valence-electron chi connectivity index (χ1n) is 7.77. The van der Waals surface area contributed by atoms with Crippen LogP contribution >= 0.6 is 0 Å². The van der Waals surface area contributed by atoms with Gasteiger partial charge in [0, 0.05) is 11.1 Å². The van der Waals surface area contributed by atoms with Crippen LogP contribution in [0.3, 0.4) is 0 Å². The first kappa shape index (κ1) is 13.8. The predicted molar refractivity (Wildman–Crippen MR) is 92.4 cm³/mol. The van der Waals surface area contributed by atoms with Crippen molar-refractivity contribution in [2.75, 3.05) is 0 Å². The zero-order chi connectivity index (χ0) is 15.5. The summed E-state index contributed by atoms with van der Waals surface area (Å²) in [7, 11) is 0.